The Hall–Kier alpha value is -2.42. The Bertz CT molecular complexity index is 996. The predicted octanol–water partition coefficient (Wildman–Crippen LogP) is 1.43. The lowest BCUT2D eigenvalue weighted by Gasteiger charge is -2.11. The van der Waals surface area contributed by atoms with Gasteiger partial charge in [-0.1, -0.05) is 0 Å². The monoisotopic (exact) mass is 334 g/mol. The fourth-order valence-corrected chi connectivity index (χ4v) is 4.11. The first kappa shape index (κ1) is 15.5. The summed E-state index contributed by atoms with van der Waals surface area (Å²) < 4.78 is 31.0. The van der Waals surface area contributed by atoms with Crippen LogP contribution < -0.4 is 4.72 Å². The second-order valence-corrected chi connectivity index (χ2v) is 7.16. The third-order valence-corrected chi connectivity index (χ3v) is 5.33. The smallest absolute Gasteiger partial charge is 0.276 e. The van der Waals surface area contributed by atoms with E-state index in [9.17, 15) is 8.42 Å². The molecule has 0 atom stereocenters. The maximum absolute atomic E-state index is 12.7. The van der Waals surface area contributed by atoms with Gasteiger partial charge in [-0.25, -0.2) is 4.98 Å². The molecule has 122 valence electrons. The van der Waals surface area contributed by atoms with E-state index in [0.717, 1.165) is 16.7 Å². The normalized spacial score (nSPS) is 12.0. The number of hydrogen-bond donors (Lipinski definition) is 1. The van der Waals surface area contributed by atoms with Gasteiger partial charge in [0.15, 0.2) is 10.7 Å². The van der Waals surface area contributed by atoms with Crippen LogP contribution in [0.15, 0.2) is 17.3 Å². The maximum Gasteiger partial charge on any atom is 0.279 e. The minimum absolute atomic E-state index is 0.139. The molecule has 0 aliphatic rings. The standard InChI is InChI=1S/C14H18N6O2S/c1-8-7-15-20(5)14(8)23(21,22)18-12-6-11-9(2)17-19(4)13(11)16-10(12)3/h6-7,18H,1-5H3. The van der Waals surface area contributed by atoms with Crippen molar-refractivity contribution in [2.24, 2.45) is 14.1 Å². The number of fused-ring (bicyclic) bond motifs is 1. The summed E-state index contributed by atoms with van der Waals surface area (Å²) in [6, 6.07) is 1.77. The molecule has 3 aromatic rings. The maximum atomic E-state index is 12.7. The van der Waals surface area contributed by atoms with Gasteiger partial charge in [0, 0.05) is 25.0 Å². The molecule has 8 nitrogen and oxygen atoms in total. The van der Waals surface area contributed by atoms with Crippen LogP contribution >= 0.6 is 0 Å². The first-order valence-corrected chi connectivity index (χ1v) is 8.51. The van der Waals surface area contributed by atoms with E-state index in [4.69, 9.17) is 0 Å². The van der Waals surface area contributed by atoms with Crippen LogP contribution in [0.3, 0.4) is 0 Å². The van der Waals surface area contributed by atoms with Gasteiger partial charge in [0.25, 0.3) is 10.0 Å². The van der Waals surface area contributed by atoms with Crippen LogP contribution in [0.1, 0.15) is 17.0 Å². The molecule has 0 radical (unpaired) electrons. The first-order chi connectivity index (χ1) is 10.7. The summed E-state index contributed by atoms with van der Waals surface area (Å²) >= 11 is 0. The van der Waals surface area contributed by atoms with Gasteiger partial charge < -0.3 is 0 Å². The molecule has 0 amide bonds. The molecule has 3 aromatic heterocycles. The molecule has 0 aliphatic carbocycles. The van der Waals surface area contributed by atoms with E-state index in [1.807, 2.05) is 14.0 Å². The van der Waals surface area contributed by atoms with Crippen molar-refractivity contribution < 1.29 is 8.42 Å². The van der Waals surface area contributed by atoms with E-state index in [-0.39, 0.29) is 5.03 Å². The van der Waals surface area contributed by atoms with E-state index in [2.05, 4.69) is 19.9 Å². The zero-order valence-electron chi connectivity index (χ0n) is 13.6. The summed E-state index contributed by atoms with van der Waals surface area (Å²) in [5, 5.41) is 9.25. The van der Waals surface area contributed by atoms with Gasteiger partial charge in [-0.05, 0) is 26.8 Å². The molecule has 0 aliphatic heterocycles. The molecule has 0 unspecified atom stereocenters. The zero-order chi connectivity index (χ0) is 16.9. The highest BCUT2D eigenvalue weighted by Crippen LogP contribution is 2.25. The number of nitrogens with zero attached hydrogens (tertiary/aromatic N) is 5. The quantitative estimate of drug-likeness (QED) is 0.782. The number of sulfonamides is 1. The largest absolute Gasteiger partial charge is 0.279 e. The van der Waals surface area contributed by atoms with Crippen LogP contribution in [-0.2, 0) is 24.1 Å². The molecule has 23 heavy (non-hydrogen) atoms. The Kier molecular flexibility index (Phi) is 3.40. The topological polar surface area (TPSA) is 94.7 Å². The van der Waals surface area contributed by atoms with Crippen molar-refractivity contribution in [3.05, 3.63) is 29.2 Å². The molecule has 0 spiro atoms. The van der Waals surface area contributed by atoms with E-state index < -0.39 is 10.0 Å². The Morgan fingerprint density at radius 3 is 2.39 bits per heavy atom. The molecule has 0 saturated heterocycles. The summed E-state index contributed by atoms with van der Waals surface area (Å²) in [6.45, 7) is 5.33. The predicted molar refractivity (Wildman–Crippen MR) is 86.7 cm³/mol. The lowest BCUT2D eigenvalue weighted by atomic mass is 10.2. The Balaban J connectivity index is 2.11. The fourth-order valence-electron chi connectivity index (χ4n) is 2.65. The van der Waals surface area contributed by atoms with Crippen LogP contribution in [0, 0.1) is 20.8 Å². The van der Waals surface area contributed by atoms with Gasteiger partial charge >= 0.3 is 0 Å². The van der Waals surface area contributed by atoms with Gasteiger partial charge in [0.2, 0.25) is 0 Å². The van der Waals surface area contributed by atoms with E-state index in [1.165, 1.54) is 10.9 Å². The van der Waals surface area contributed by atoms with Crippen LogP contribution in [0.25, 0.3) is 11.0 Å². The number of anilines is 1. The summed E-state index contributed by atoms with van der Waals surface area (Å²) in [5.41, 5.74) is 3.13. The first-order valence-electron chi connectivity index (χ1n) is 7.03. The molecule has 0 saturated carbocycles. The van der Waals surface area contributed by atoms with Crippen molar-refractivity contribution in [1.82, 2.24) is 24.5 Å². The number of aromatic nitrogens is 5. The summed E-state index contributed by atoms with van der Waals surface area (Å²) in [6.07, 6.45) is 1.52. The SMILES string of the molecule is Cc1cnn(C)c1S(=O)(=O)Nc1cc2c(C)nn(C)c2nc1C. The van der Waals surface area contributed by atoms with Crippen molar-refractivity contribution in [3.8, 4) is 0 Å². The van der Waals surface area contributed by atoms with Gasteiger partial charge in [0.1, 0.15) is 0 Å². The minimum Gasteiger partial charge on any atom is -0.276 e. The van der Waals surface area contributed by atoms with Crippen LogP contribution in [0.4, 0.5) is 5.69 Å². The molecular weight excluding hydrogens is 316 g/mol. The molecule has 0 aromatic carbocycles. The molecule has 9 heteroatoms. The Labute approximate surface area is 134 Å². The lowest BCUT2D eigenvalue weighted by Crippen LogP contribution is -2.18. The summed E-state index contributed by atoms with van der Waals surface area (Å²) in [5.74, 6) is 0. The van der Waals surface area contributed by atoms with Crippen LogP contribution in [0.2, 0.25) is 0 Å². The molecule has 3 rings (SSSR count). The van der Waals surface area contributed by atoms with Crippen molar-refractivity contribution >= 4 is 26.7 Å². The highest BCUT2D eigenvalue weighted by molar-refractivity contribution is 7.92. The van der Waals surface area contributed by atoms with Crippen molar-refractivity contribution in [2.75, 3.05) is 4.72 Å². The average Bonchev–Trinajstić information content (AvgIpc) is 2.92. The van der Waals surface area contributed by atoms with Crippen molar-refractivity contribution in [1.29, 1.82) is 0 Å². The molecule has 1 N–H and O–H groups in total. The third kappa shape index (κ3) is 2.46. The number of aryl methyl sites for hydroxylation is 5. The molecular formula is C14H18N6O2S. The number of rotatable bonds is 3. The molecule has 0 fully saturated rings. The average molecular weight is 334 g/mol. The number of hydrogen-bond acceptors (Lipinski definition) is 5. The molecule has 3 heterocycles. The van der Waals surface area contributed by atoms with Gasteiger partial charge in [-0.15, -0.1) is 0 Å². The molecule has 0 bridgehead atoms. The Morgan fingerprint density at radius 2 is 1.78 bits per heavy atom. The second-order valence-electron chi connectivity index (χ2n) is 5.56. The van der Waals surface area contributed by atoms with Crippen LogP contribution in [-0.4, -0.2) is 33.0 Å². The minimum atomic E-state index is -3.75. The van der Waals surface area contributed by atoms with Gasteiger partial charge in [0.05, 0.1) is 23.3 Å². The highest BCUT2D eigenvalue weighted by Gasteiger charge is 2.23. The van der Waals surface area contributed by atoms with E-state index >= 15 is 0 Å². The van der Waals surface area contributed by atoms with Crippen molar-refractivity contribution in [3.63, 3.8) is 0 Å². The summed E-state index contributed by atoms with van der Waals surface area (Å²) in [7, 11) is -0.337. The fraction of sp³-hybridized carbons (Fsp3) is 0.357. The lowest BCUT2D eigenvalue weighted by molar-refractivity contribution is 0.580. The second kappa shape index (κ2) is 5.05. The van der Waals surface area contributed by atoms with E-state index in [1.54, 1.807) is 31.6 Å². The third-order valence-electron chi connectivity index (χ3n) is 3.74. The highest BCUT2D eigenvalue weighted by atomic mass is 32.2. The van der Waals surface area contributed by atoms with Crippen LogP contribution in [0.5, 0.6) is 0 Å². The van der Waals surface area contributed by atoms with E-state index in [0.29, 0.717) is 16.9 Å². The number of nitrogens with one attached hydrogen (secondary N) is 1. The van der Waals surface area contributed by atoms with Crippen molar-refractivity contribution in [2.45, 2.75) is 25.8 Å². The van der Waals surface area contributed by atoms with Gasteiger partial charge in [-0.3, -0.25) is 14.1 Å². The summed E-state index contributed by atoms with van der Waals surface area (Å²) in [4.78, 5) is 4.46. The zero-order valence-corrected chi connectivity index (χ0v) is 14.4. The van der Waals surface area contributed by atoms with Gasteiger partial charge in [-0.2, -0.15) is 18.6 Å². The number of pyridine rings is 1. The Morgan fingerprint density at radius 1 is 1.09 bits per heavy atom.